The Hall–Kier alpha value is -3.27. The first kappa shape index (κ1) is 19.5. The average Bonchev–Trinajstić information content (AvgIpc) is 2.67. The van der Waals surface area contributed by atoms with Crippen molar-refractivity contribution in [3.63, 3.8) is 0 Å². The van der Waals surface area contributed by atoms with Gasteiger partial charge in [-0.15, -0.1) is 0 Å². The Morgan fingerprint density at radius 2 is 2.00 bits per heavy atom. The van der Waals surface area contributed by atoms with Crippen LogP contribution in [0.2, 0.25) is 0 Å². The van der Waals surface area contributed by atoms with Crippen LogP contribution in [-0.2, 0) is 11.2 Å². The number of rotatable bonds is 5. The second kappa shape index (κ2) is 8.17. The van der Waals surface area contributed by atoms with Gasteiger partial charge >= 0.3 is 0 Å². The number of pyridine rings is 1. The van der Waals surface area contributed by atoms with Crippen LogP contribution in [0.4, 0.5) is 0 Å². The minimum Gasteiger partial charge on any atom is -0.486 e. The first-order valence-corrected chi connectivity index (χ1v) is 9.22. The van der Waals surface area contributed by atoms with Gasteiger partial charge in [-0.2, -0.15) is 5.26 Å². The highest BCUT2D eigenvalue weighted by atomic mass is 16.6. The van der Waals surface area contributed by atoms with E-state index in [1.165, 1.54) is 0 Å². The number of nitriles is 1. The number of ether oxygens (including phenoxy) is 2. The topological polar surface area (TPSA) is 104 Å². The molecule has 1 aromatic carbocycles. The molecule has 0 bridgehead atoms. The Labute approximate surface area is 163 Å². The summed E-state index contributed by atoms with van der Waals surface area (Å²) >= 11 is 0. The number of H-pyrrole nitrogens is 1. The first-order valence-electron chi connectivity index (χ1n) is 9.22. The lowest BCUT2D eigenvalue weighted by atomic mass is 9.99. The van der Waals surface area contributed by atoms with E-state index in [0.29, 0.717) is 42.4 Å². The van der Waals surface area contributed by atoms with Crippen LogP contribution in [0.25, 0.3) is 0 Å². The number of carbonyl (C=O) groups excluding carboxylic acids is 1. The third kappa shape index (κ3) is 4.01. The normalized spacial score (nSPS) is 13.5. The number of aromatic nitrogens is 1. The highest BCUT2D eigenvalue weighted by molar-refractivity contribution is 5.76. The number of fused-ring (bicyclic) bond motifs is 1. The standard InChI is InChI=1S/C21H23N3O4/c1-12-16(14(3)24-21(26)17(12)11-22)5-7-20(25)23-13(2)15-4-6-18-19(10-15)28-9-8-27-18/h4,6,10,13H,5,7-9H2,1-3H3,(H,23,25)(H,24,26). The summed E-state index contributed by atoms with van der Waals surface area (Å²) in [5.74, 6) is 1.30. The molecule has 28 heavy (non-hydrogen) atoms. The molecule has 0 fully saturated rings. The summed E-state index contributed by atoms with van der Waals surface area (Å²) in [5.41, 5.74) is 2.80. The zero-order chi connectivity index (χ0) is 20.3. The number of nitrogens with zero attached hydrogens (tertiary/aromatic N) is 1. The molecular weight excluding hydrogens is 358 g/mol. The largest absolute Gasteiger partial charge is 0.486 e. The summed E-state index contributed by atoms with van der Waals surface area (Å²) in [6.45, 7) is 6.48. The van der Waals surface area contributed by atoms with E-state index in [9.17, 15) is 9.59 Å². The van der Waals surface area contributed by atoms with E-state index in [0.717, 1.165) is 11.1 Å². The predicted molar refractivity (Wildman–Crippen MR) is 104 cm³/mol. The monoisotopic (exact) mass is 381 g/mol. The fourth-order valence-electron chi connectivity index (χ4n) is 3.39. The summed E-state index contributed by atoms with van der Waals surface area (Å²) < 4.78 is 11.1. The average molecular weight is 381 g/mol. The fourth-order valence-corrected chi connectivity index (χ4v) is 3.39. The number of hydrogen-bond acceptors (Lipinski definition) is 5. The zero-order valence-corrected chi connectivity index (χ0v) is 16.2. The number of amides is 1. The zero-order valence-electron chi connectivity index (χ0n) is 16.2. The van der Waals surface area contributed by atoms with Crippen molar-refractivity contribution in [2.45, 2.75) is 39.7 Å². The molecule has 0 radical (unpaired) electrons. The molecule has 3 rings (SSSR count). The summed E-state index contributed by atoms with van der Waals surface area (Å²) in [5, 5.41) is 12.1. The van der Waals surface area contributed by atoms with Crippen molar-refractivity contribution in [3.8, 4) is 17.6 Å². The Bertz CT molecular complexity index is 1000. The van der Waals surface area contributed by atoms with Gasteiger partial charge in [0.15, 0.2) is 11.5 Å². The van der Waals surface area contributed by atoms with E-state index in [-0.39, 0.29) is 23.9 Å². The van der Waals surface area contributed by atoms with Gasteiger partial charge in [0.05, 0.1) is 6.04 Å². The fraction of sp³-hybridized carbons (Fsp3) is 0.381. The van der Waals surface area contributed by atoms with E-state index >= 15 is 0 Å². The second-order valence-electron chi connectivity index (χ2n) is 6.86. The third-order valence-electron chi connectivity index (χ3n) is 4.97. The lowest BCUT2D eigenvalue weighted by Crippen LogP contribution is -2.27. The summed E-state index contributed by atoms with van der Waals surface area (Å²) in [6, 6.07) is 7.39. The summed E-state index contributed by atoms with van der Waals surface area (Å²) in [7, 11) is 0. The molecule has 1 aliphatic heterocycles. The highest BCUT2D eigenvalue weighted by Crippen LogP contribution is 2.32. The lowest BCUT2D eigenvalue weighted by Gasteiger charge is -2.21. The van der Waals surface area contributed by atoms with Crippen LogP contribution in [0.15, 0.2) is 23.0 Å². The smallest absolute Gasteiger partial charge is 0.266 e. The Morgan fingerprint density at radius 1 is 1.29 bits per heavy atom. The van der Waals surface area contributed by atoms with E-state index in [4.69, 9.17) is 14.7 Å². The minimum absolute atomic E-state index is 0.102. The van der Waals surface area contributed by atoms with Crippen LogP contribution < -0.4 is 20.3 Å². The molecule has 7 heteroatoms. The molecule has 7 nitrogen and oxygen atoms in total. The third-order valence-corrected chi connectivity index (χ3v) is 4.97. The van der Waals surface area contributed by atoms with Crippen molar-refractivity contribution >= 4 is 5.91 Å². The lowest BCUT2D eigenvalue weighted by molar-refractivity contribution is -0.121. The van der Waals surface area contributed by atoms with Gasteiger partial charge in [-0.1, -0.05) is 6.07 Å². The number of aryl methyl sites for hydroxylation is 1. The van der Waals surface area contributed by atoms with Gasteiger partial charge < -0.3 is 19.8 Å². The maximum Gasteiger partial charge on any atom is 0.266 e. The summed E-state index contributed by atoms with van der Waals surface area (Å²) in [4.78, 5) is 26.9. The molecule has 1 aromatic heterocycles. The van der Waals surface area contributed by atoms with E-state index in [1.54, 1.807) is 13.8 Å². The van der Waals surface area contributed by atoms with E-state index < -0.39 is 5.56 Å². The van der Waals surface area contributed by atoms with Gasteiger partial charge in [-0.05, 0) is 56.0 Å². The first-order chi connectivity index (χ1) is 13.4. The van der Waals surface area contributed by atoms with Crippen molar-refractivity contribution in [1.82, 2.24) is 10.3 Å². The number of hydrogen-bond donors (Lipinski definition) is 2. The van der Waals surface area contributed by atoms with Crippen molar-refractivity contribution in [3.05, 3.63) is 56.5 Å². The quantitative estimate of drug-likeness (QED) is 0.828. The molecule has 0 saturated heterocycles. The molecule has 1 aliphatic rings. The van der Waals surface area contributed by atoms with Crippen molar-refractivity contribution in [2.75, 3.05) is 13.2 Å². The van der Waals surface area contributed by atoms with E-state index in [1.807, 2.05) is 31.2 Å². The van der Waals surface area contributed by atoms with Gasteiger partial charge in [0.25, 0.3) is 5.56 Å². The van der Waals surface area contributed by atoms with E-state index in [2.05, 4.69) is 10.3 Å². The molecule has 1 amide bonds. The molecule has 0 aliphatic carbocycles. The Kier molecular flexibility index (Phi) is 5.69. The summed E-state index contributed by atoms with van der Waals surface area (Å²) in [6.07, 6.45) is 0.705. The van der Waals surface area contributed by atoms with Crippen molar-refractivity contribution in [2.24, 2.45) is 0 Å². The highest BCUT2D eigenvalue weighted by Gasteiger charge is 2.17. The number of benzene rings is 1. The molecule has 0 saturated carbocycles. The molecule has 1 atom stereocenters. The molecule has 2 heterocycles. The Balaban J connectivity index is 1.65. The maximum atomic E-state index is 12.4. The molecule has 146 valence electrons. The maximum absolute atomic E-state index is 12.4. The molecule has 1 unspecified atom stereocenters. The van der Waals surface area contributed by atoms with Crippen molar-refractivity contribution in [1.29, 1.82) is 5.26 Å². The van der Waals surface area contributed by atoms with Gasteiger partial charge in [-0.3, -0.25) is 9.59 Å². The van der Waals surface area contributed by atoms with Gasteiger partial charge in [0.1, 0.15) is 24.8 Å². The Morgan fingerprint density at radius 3 is 2.71 bits per heavy atom. The van der Waals surface area contributed by atoms with Crippen LogP contribution in [0.5, 0.6) is 11.5 Å². The number of carbonyl (C=O) groups is 1. The second-order valence-corrected chi connectivity index (χ2v) is 6.86. The van der Waals surface area contributed by atoms with Crippen LogP contribution >= 0.6 is 0 Å². The predicted octanol–water partition coefficient (Wildman–Crippen LogP) is 2.44. The van der Waals surface area contributed by atoms with Crippen LogP contribution in [-0.4, -0.2) is 24.1 Å². The van der Waals surface area contributed by atoms with Crippen LogP contribution in [0.3, 0.4) is 0 Å². The van der Waals surface area contributed by atoms with Crippen LogP contribution in [0.1, 0.15) is 47.3 Å². The van der Waals surface area contributed by atoms with Gasteiger partial charge in [0, 0.05) is 12.1 Å². The van der Waals surface area contributed by atoms with Gasteiger partial charge in [0.2, 0.25) is 5.91 Å². The molecular formula is C21H23N3O4. The van der Waals surface area contributed by atoms with Gasteiger partial charge in [-0.25, -0.2) is 0 Å². The molecule has 0 spiro atoms. The van der Waals surface area contributed by atoms with Crippen LogP contribution in [0, 0.1) is 25.2 Å². The SMILES string of the molecule is Cc1[nH]c(=O)c(C#N)c(C)c1CCC(=O)NC(C)c1ccc2c(c1)OCCO2. The molecule has 2 N–H and O–H groups in total. The number of nitrogens with one attached hydrogen (secondary N) is 2. The number of aromatic amines is 1. The minimum atomic E-state index is -0.391. The van der Waals surface area contributed by atoms with Crippen molar-refractivity contribution < 1.29 is 14.3 Å². The molecule has 2 aromatic rings.